The van der Waals surface area contributed by atoms with E-state index in [1.165, 1.54) is 6.08 Å². The van der Waals surface area contributed by atoms with Crippen LogP contribution in [0, 0.1) is 0 Å². The van der Waals surface area contributed by atoms with Gasteiger partial charge in [0.15, 0.2) is 5.65 Å². The summed E-state index contributed by atoms with van der Waals surface area (Å²) in [5.74, 6) is 0.467. The number of nitrogens with one attached hydrogen (secondary N) is 1. The van der Waals surface area contributed by atoms with Crippen molar-refractivity contribution < 1.29 is 9.53 Å². The standard InChI is InChI=1S/C19H19N5O2/c1-2-17(25)24-8-5-14(6-9-24)26-16-12-22-19-18(23-16)15(11-21-19)13-4-3-7-20-10-13/h2-4,7,10-12,14H,1,5-6,8-9H2,(H,21,22). The van der Waals surface area contributed by atoms with Gasteiger partial charge in [-0.1, -0.05) is 12.6 Å². The summed E-state index contributed by atoms with van der Waals surface area (Å²) < 4.78 is 6.02. The van der Waals surface area contributed by atoms with Crippen molar-refractivity contribution in [3.05, 3.63) is 49.6 Å². The Morgan fingerprint density at radius 2 is 2.19 bits per heavy atom. The van der Waals surface area contributed by atoms with E-state index in [0.29, 0.717) is 24.6 Å². The zero-order chi connectivity index (χ0) is 17.9. The largest absolute Gasteiger partial charge is 0.473 e. The first-order chi connectivity index (χ1) is 12.7. The molecule has 0 spiro atoms. The number of rotatable bonds is 4. The lowest BCUT2D eigenvalue weighted by Crippen LogP contribution is -2.41. The van der Waals surface area contributed by atoms with Crippen molar-refractivity contribution in [2.75, 3.05) is 13.1 Å². The van der Waals surface area contributed by atoms with E-state index in [1.54, 1.807) is 23.5 Å². The van der Waals surface area contributed by atoms with E-state index in [9.17, 15) is 4.79 Å². The molecule has 7 nitrogen and oxygen atoms in total. The molecule has 0 radical (unpaired) electrons. The fourth-order valence-corrected chi connectivity index (χ4v) is 3.17. The van der Waals surface area contributed by atoms with E-state index in [4.69, 9.17) is 4.74 Å². The average Bonchev–Trinajstić information content (AvgIpc) is 3.12. The van der Waals surface area contributed by atoms with Gasteiger partial charge in [-0.15, -0.1) is 0 Å². The molecule has 7 heteroatoms. The molecule has 3 aromatic heterocycles. The maximum atomic E-state index is 11.7. The summed E-state index contributed by atoms with van der Waals surface area (Å²) in [7, 11) is 0. The Bertz CT molecular complexity index is 930. The zero-order valence-corrected chi connectivity index (χ0v) is 14.3. The Labute approximate surface area is 150 Å². The van der Waals surface area contributed by atoms with Crippen molar-refractivity contribution in [2.45, 2.75) is 18.9 Å². The molecule has 132 valence electrons. The summed E-state index contributed by atoms with van der Waals surface area (Å²) in [4.78, 5) is 29.8. The van der Waals surface area contributed by atoms with Gasteiger partial charge in [0, 0.05) is 55.6 Å². The number of nitrogens with zero attached hydrogens (tertiary/aromatic N) is 4. The van der Waals surface area contributed by atoms with Crippen LogP contribution < -0.4 is 4.74 Å². The molecule has 1 aliphatic heterocycles. The average molecular weight is 349 g/mol. The summed E-state index contributed by atoms with van der Waals surface area (Å²) in [6.45, 7) is 4.86. The molecule has 4 rings (SSSR count). The number of pyridine rings is 1. The highest BCUT2D eigenvalue weighted by atomic mass is 16.5. The van der Waals surface area contributed by atoms with Crippen LogP contribution in [0.2, 0.25) is 0 Å². The van der Waals surface area contributed by atoms with Crippen LogP contribution in [0.25, 0.3) is 22.3 Å². The predicted octanol–water partition coefficient (Wildman–Crippen LogP) is 2.58. The predicted molar refractivity (Wildman–Crippen MR) is 97.5 cm³/mol. The van der Waals surface area contributed by atoms with E-state index < -0.39 is 0 Å². The molecule has 3 aromatic rings. The summed E-state index contributed by atoms with van der Waals surface area (Å²) in [6.07, 6.45) is 9.96. The first-order valence-corrected chi connectivity index (χ1v) is 8.57. The summed E-state index contributed by atoms with van der Waals surface area (Å²) in [5.41, 5.74) is 3.39. The van der Waals surface area contributed by atoms with Gasteiger partial charge in [-0.25, -0.2) is 9.97 Å². The van der Waals surface area contributed by atoms with Gasteiger partial charge in [-0.05, 0) is 12.1 Å². The van der Waals surface area contributed by atoms with Crippen molar-refractivity contribution in [2.24, 2.45) is 0 Å². The lowest BCUT2D eigenvalue weighted by atomic mass is 10.1. The van der Waals surface area contributed by atoms with Gasteiger partial charge >= 0.3 is 0 Å². The van der Waals surface area contributed by atoms with Crippen molar-refractivity contribution in [3.8, 4) is 17.0 Å². The number of likely N-dealkylation sites (tertiary alicyclic amines) is 1. The summed E-state index contributed by atoms with van der Waals surface area (Å²) in [6, 6.07) is 3.87. The molecule has 1 fully saturated rings. The first-order valence-electron chi connectivity index (χ1n) is 8.57. The van der Waals surface area contributed by atoms with E-state index in [1.807, 2.05) is 18.3 Å². The Hall–Kier alpha value is -3.22. The van der Waals surface area contributed by atoms with Gasteiger partial charge in [-0.2, -0.15) is 0 Å². The molecule has 0 unspecified atom stereocenters. The van der Waals surface area contributed by atoms with Crippen LogP contribution >= 0.6 is 0 Å². The Morgan fingerprint density at radius 1 is 1.35 bits per heavy atom. The highest BCUT2D eigenvalue weighted by Gasteiger charge is 2.23. The smallest absolute Gasteiger partial charge is 0.245 e. The number of aromatic nitrogens is 4. The summed E-state index contributed by atoms with van der Waals surface area (Å²) >= 11 is 0. The molecule has 1 amide bonds. The number of H-pyrrole nitrogens is 1. The topological polar surface area (TPSA) is 84.0 Å². The fourth-order valence-electron chi connectivity index (χ4n) is 3.17. The van der Waals surface area contributed by atoms with Crippen LogP contribution in [-0.4, -0.2) is 49.9 Å². The van der Waals surface area contributed by atoms with Crippen LogP contribution in [0.1, 0.15) is 12.8 Å². The third-order valence-corrected chi connectivity index (χ3v) is 4.55. The molecule has 1 aliphatic rings. The number of carbonyl (C=O) groups excluding carboxylic acids is 1. The van der Waals surface area contributed by atoms with Crippen LogP contribution in [0.15, 0.2) is 49.6 Å². The van der Waals surface area contributed by atoms with Crippen LogP contribution in [-0.2, 0) is 4.79 Å². The van der Waals surface area contributed by atoms with Crippen LogP contribution in [0.3, 0.4) is 0 Å². The monoisotopic (exact) mass is 349 g/mol. The number of hydrogen-bond donors (Lipinski definition) is 1. The zero-order valence-electron chi connectivity index (χ0n) is 14.3. The summed E-state index contributed by atoms with van der Waals surface area (Å²) in [5, 5.41) is 0. The van der Waals surface area contributed by atoms with Gasteiger partial charge in [0.05, 0.1) is 6.20 Å². The van der Waals surface area contributed by atoms with Gasteiger partial charge in [0.1, 0.15) is 11.6 Å². The number of piperidine rings is 1. The SMILES string of the molecule is C=CC(=O)N1CCC(Oc2cnc3[nH]cc(-c4cccnc4)c3n2)CC1. The lowest BCUT2D eigenvalue weighted by Gasteiger charge is -2.31. The first kappa shape index (κ1) is 16.3. The van der Waals surface area contributed by atoms with E-state index >= 15 is 0 Å². The normalized spacial score (nSPS) is 15.2. The molecule has 0 atom stereocenters. The second-order valence-electron chi connectivity index (χ2n) is 6.20. The highest BCUT2D eigenvalue weighted by molar-refractivity contribution is 5.90. The maximum Gasteiger partial charge on any atom is 0.245 e. The third-order valence-electron chi connectivity index (χ3n) is 4.55. The number of aromatic amines is 1. The van der Waals surface area contributed by atoms with E-state index in [0.717, 1.165) is 29.5 Å². The maximum absolute atomic E-state index is 11.7. The minimum atomic E-state index is -0.0295. The van der Waals surface area contributed by atoms with Crippen molar-refractivity contribution in [1.82, 2.24) is 24.8 Å². The minimum Gasteiger partial charge on any atom is -0.473 e. The molecule has 0 aliphatic carbocycles. The van der Waals surface area contributed by atoms with Crippen molar-refractivity contribution >= 4 is 17.1 Å². The Kier molecular flexibility index (Phi) is 4.35. The van der Waals surface area contributed by atoms with Crippen molar-refractivity contribution in [3.63, 3.8) is 0 Å². The molecule has 1 N–H and O–H groups in total. The molecule has 0 saturated carbocycles. The molecule has 26 heavy (non-hydrogen) atoms. The van der Waals surface area contributed by atoms with Crippen LogP contribution in [0.5, 0.6) is 5.88 Å². The number of fused-ring (bicyclic) bond motifs is 1. The molecular formula is C19H19N5O2. The molecule has 0 aromatic carbocycles. The Morgan fingerprint density at radius 3 is 2.92 bits per heavy atom. The molecule has 0 bridgehead atoms. The second kappa shape index (κ2) is 6.95. The molecular weight excluding hydrogens is 330 g/mol. The number of amides is 1. The third kappa shape index (κ3) is 3.15. The van der Waals surface area contributed by atoms with Crippen LogP contribution in [0.4, 0.5) is 0 Å². The quantitative estimate of drug-likeness (QED) is 0.732. The number of carbonyl (C=O) groups is 1. The van der Waals surface area contributed by atoms with Gasteiger partial charge < -0.3 is 14.6 Å². The van der Waals surface area contributed by atoms with Gasteiger partial charge in [-0.3, -0.25) is 9.78 Å². The second-order valence-corrected chi connectivity index (χ2v) is 6.20. The van der Waals surface area contributed by atoms with Gasteiger partial charge in [0.25, 0.3) is 0 Å². The highest BCUT2D eigenvalue weighted by Crippen LogP contribution is 2.27. The Balaban J connectivity index is 1.51. The minimum absolute atomic E-state index is 0.0244. The van der Waals surface area contributed by atoms with Crippen molar-refractivity contribution in [1.29, 1.82) is 0 Å². The molecule has 1 saturated heterocycles. The fraction of sp³-hybridized carbons (Fsp3) is 0.263. The number of ether oxygens (including phenoxy) is 1. The lowest BCUT2D eigenvalue weighted by molar-refractivity contribution is -0.127. The molecule has 4 heterocycles. The van der Waals surface area contributed by atoms with Gasteiger partial charge in [0.2, 0.25) is 11.8 Å². The number of hydrogen-bond acceptors (Lipinski definition) is 5. The van der Waals surface area contributed by atoms with E-state index in [2.05, 4.69) is 26.5 Å². The van der Waals surface area contributed by atoms with E-state index in [-0.39, 0.29) is 12.0 Å².